The zero-order valence-electron chi connectivity index (χ0n) is 18.3. The lowest BCUT2D eigenvalue weighted by Crippen LogP contribution is -2.40. The smallest absolute Gasteiger partial charge is 0.272 e. The number of nitrogens with zero attached hydrogens (tertiary/aromatic N) is 3. The first-order chi connectivity index (χ1) is 15.1. The molecule has 1 aromatic carbocycles. The van der Waals surface area contributed by atoms with E-state index in [1.54, 1.807) is 7.11 Å². The van der Waals surface area contributed by atoms with Crippen molar-refractivity contribution in [3.8, 4) is 5.75 Å². The minimum absolute atomic E-state index is 0.0557. The molecule has 0 bridgehead atoms. The number of hydrogen-bond acceptors (Lipinski definition) is 4. The van der Waals surface area contributed by atoms with Gasteiger partial charge in [-0.1, -0.05) is 24.3 Å². The fourth-order valence-corrected chi connectivity index (χ4v) is 4.41. The average molecular weight is 423 g/mol. The molecule has 2 aromatic rings. The molecule has 1 aromatic heterocycles. The molecule has 2 heterocycles. The number of allylic oxidation sites excluding steroid dienone is 2. The molecule has 1 atom stereocenters. The summed E-state index contributed by atoms with van der Waals surface area (Å²) in [5, 5.41) is 7.57. The Labute approximate surface area is 183 Å². The highest BCUT2D eigenvalue weighted by Gasteiger charge is 2.32. The molecule has 1 N–H and O–H groups in total. The molecule has 1 aliphatic heterocycles. The van der Waals surface area contributed by atoms with E-state index < -0.39 is 0 Å². The Balaban J connectivity index is 1.48. The van der Waals surface area contributed by atoms with Gasteiger partial charge in [0.1, 0.15) is 5.75 Å². The molecule has 0 saturated heterocycles. The zero-order chi connectivity index (χ0) is 21.8. The predicted molar refractivity (Wildman–Crippen MR) is 118 cm³/mol. The second-order valence-corrected chi connectivity index (χ2v) is 8.11. The highest BCUT2D eigenvalue weighted by Crippen LogP contribution is 2.27. The third-order valence-electron chi connectivity index (χ3n) is 6.19. The Bertz CT molecular complexity index is 977. The van der Waals surface area contributed by atoms with Crippen molar-refractivity contribution in [2.45, 2.75) is 52.2 Å². The van der Waals surface area contributed by atoms with Gasteiger partial charge in [0.05, 0.1) is 7.11 Å². The van der Waals surface area contributed by atoms with Crippen LogP contribution in [0.25, 0.3) is 0 Å². The van der Waals surface area contributed by atoms with Crippen LogP contribution >= 0.6 is 0 Å². The van der Waals surface area contributed by atoms with Crippen LogP contribution in [0.3, 0.4) is 0 Å². The first-order valence-corrected chi connectivity index (χ1v) is 11.0. The number of benzene rings is 1. The number of hydrogen-bond donors (Lipinski definition) is 1. The number of fused-ring (bicyclic) bond motifs is 1. The number of ether oxygens (including phenoxy) is 1. The van der Waals surface area contributed by atoms with E-state index in [2.05, 4.69) is 22.6 Å². The number of aryl methyl sites for hydroxylation is 1. The van der Waals surface area contributed by atoms with Crippen molar-refractivity contribution < 1.29 is 14.3 Å². The second kappa shape index (κ2) is 9.37. The number of aromatic nitrogens is 2. The van der Waals surface area contributed by atoms with Gasteiger partial charge in [-0.15, -0.1) is 0 Å². The van der Waals surface area contributed by atoms with Gasteiger partial charge in [-0.05, 0) is 43.9 Å². The first kappa shape index (κ1) is 21.2. The van der Waals surface area contributed by atoms with E-state index >= 15 is 0 Å². The maximum Gasteiger partial charge on any atom is 0.272 e. The molecule has 31 heavy (non-hydrogen) atoms. The number of methoxy groups -OCH3 is 1. The molecule has 4 rings (SSSR count). The van der Waals surface area contributed by atoms with Crippen molar-refractivity contribution in [1.82, 2.24) is 20.0 Å². The van der Waals surface area contributed by atoms with E-state index in [0.717, 1.165) is 48.3 Å². The third-order valence-corrected chi connectivity index (χ3v) is 6.19. The SMILES string of the molecule is CCn1nc(C(=O)NCc2ccc(OC)cc2)c2c1CCN(C(=O)C1CC=CCC1)C2. The number of nitrogens with one attached hydrogen (secondary N) is 1. The van der Waals surface area contributed by atoms with E-state index in [1.807, 2.05) is 40.8 Å². The van der Waals surface area contributed by atoms with Gasteiger partial charge in [0.2, 0.25) is 5.91 Å². The molecule has 0 fully saturated rings. The van der Waals surface area contributed by atoms with Crippen LogP contribution in [-0.2, 0) is 30.8 Å². The fourth-order valence-electron chi connectivity index (χ4n) is 4.41. The van der Waals surface area contributed by atoms with E-state index in [-0.39, 0.29) is 17.7 Å². The van der Waals surface area contributed by atoms with E-state index in [1.165, 1.54) is 0 Å². The van der Waals surface area contributed by atoms with Gasteiger partial charge in [0, 0.05) is 49.8 Å². The molecule has 0 saturated carbocycles. The highest BCUT2D eigenvalue weighted by atomic mass is 16.5. The minimum atomic E-state index is -0.200. The van der Waals surface area contributed by atoms with E-state index in [0.29, 0.717) is 31.9 Å². The Morgan fingerprint density at radius 3 is 2.71 bits per heavy atom. The molecule has 2 amide bonds. The number of carbonyl (C=O) groups excluding carboxylic acids is 2. The first-order valence-electron chi connectivity index (χ1n) is 11.0. The monoisotopic (exact) mass is 422 g/mol. The van der Waals surface area contributed by atoms with Crippen molar-refractivity contribution in [1.29, 1.82) is 0 Å². The lowest BCUT2D eigenvalue weighted by Gasteiger charge is -2.31. The van der Waals surface area contributed by atoms with Gasteiger partial charge in [0.25, 0.3) is 5.91 Å². The summed E-state index contributed by atoms with van der Waals surface area (Å²) < 4.78 is 7.08. The van der Waals surface area contributed by atoms with Crippen molar-refractivity contribution in [3.05, 3.63) is 58.9 Å². The van der Waals surface area contributed by atoms with Crippen LogP contribution < -0.4 is 10.1 Å². The molecule has 0 radical (unpaired) electrons. The largest absolute Gasteiger partial charge is 0.497 e. The standard InChI is InChI=1S/C24H30N4O3/c1-3-28-21-13-14-27(24(30)18-7-5-4-6-8-18)16-20(21)22(26-28)23(29)25-15-17-9-11-19(31-2)12-10-17/h4-5,9-12,18H,3,6-8,13-16H2,1-2H3,(H,25,29). The van der Waals surface area contributed by atoms with Gasteiger partial charge >= 0.3 is 0 Å². The lowest BCUT2D eigenvalue weighted by molar-refractivity contribution is -0.136. The highest BCUT2D eigenvalue weighted by molar-refractivity contribution is 5.94. The molecule has 0 spiro atoms. The maximum atomic E-state index is 13.0. The van der Waals surface area contributed by atoms with Crippen molar-refractivity contribution in [3.63, 3.8) is 0 Å². The number of carbonyl (C=O) groups is 2. The molecular formula is C24H30N4O3. The van der Waals surface area contributed by atoms with Crippen molar-refractivity contribution >= 4 is 11.8 Å². The fraction of sp³-hybridized carbons (Fsp3) is 0.458. The van der Waals surface area contributed by atoms with Gasteiger partial charge in [-0.2, -0.15) is 5.10 Å². The van der Waals surface area contributed by atoms with Crippen LogP contribution in [0.1, 0.15) is 53.5 Å². The average Bonchev–Trinajstić information content (AvgIpc) is 3.21. The Kier molecular flexibility index (Phi) is 6.39. The number of rotatable bonds is 6. The number of amides is 2. The minimum Gasteiger partial charge on any atom is -0.497 e. The Hall–Kier alpha value is -3.09. The van der Waals surface area contributed by atoms with Crippen LogP contribution in [-0.4, -0.2) is 40.1 Å². The summed E-state index contributed by atoms with van der Waals surface area (Å²) in [6.07, 6.45) is 7.66. The third kappa shape index (κ3) is 4.50. The van der Waals surface area contributed by atoms with Crippen LogP contribution in [0, 0.1) is 5.92 Å². The Morgan fingerprint density at radius 2 is 2.03 bits per heavy atom. The van der Waals surface area contributed by atoms with Gasteiger partial charge in [-0.3, -0.25) is 14.3 Å². The van der Waals surface area contributed by atoms with Gasteiger partial charge < -0.3 is 15.0 Å². The molecule has 164 valence electrons. The molecule has 7 nitrogen and oxygen atoms in total. The normalized spacial score (nSPS) is 17.9. The summed E-state index contributed by atoms with van der Waals surface area (Å²) in [4.78, 5) is 27.9. The lowest BCUT2D eigenvalue weighted by atomic mass is 9.92. The van der Waals surface area contributed by atoms with Gasteiger partial charge in [0.15, 0.2) is 5.69 Å². The van der Waals surface area contributed by atoms with Crippen molar-refractivity contribution in [2.75, 3.05) is 13.7 Å². The van der Waals surface area contributed by atoms with Gasteiger partial charge in [-0.25, -0.2) is 0 Å². The summed E-state index contributed by atoms with van der Waals surface area (Å²) in [6.45, 7) is 4.28. The maximum absolute atomic E-state index is 13.0. The molecule has 7 heteroatoms. The van der Waals surface area contributed by atoms with Crippen molar-refractivity contribution in [2.24, 2.45) is 5.92 Å². The van der Waals surface area contributed by atoms with Crippen LogP contribution in [0.4, 0.5) is 0 Å². The topological polar surface area (TPSA) is 76.5 Å². The summed E-state index contributed by atoms with van der Waals surface area (Å²) in [5.41, 5.74) is 3.39. The second-order valence-electron chi connectivity index (χ2n) is 8.11. The predicted octanol–water partition coefficient (Wildman–Crippen LogP) is 3.08. The summed E-state index contributed by atoms with van der Waals surface area (Å²) in [5.74, 6) is 0.835. The molecule has 2 aliphatic rings. The summed E-state index contributed by atoms with van der Waals surface area (Å²) >= 11 is 0. The van der Waals surface area contributed by atoms with Crippen LogP contribution in [0.15, 0.2) is 36.4 Å². The summed E-state index contributed by atoms with van der Waals surface area (Å²) in [7, 11) is 1.63. The zero-order valence-corrected chi connectivity index (χ0v) is 18.3. The molecule has 1 unspecified atom stereocenters. The molecular weight excluding hydrogens is 392 g/mol. The Morgan fingerprint density at radius 1 is 1.23 bits per heavy atom. The van der Waals surface area contributed by atoms with Crippen LogP contribution in [0.2, 0.25) is 0 Å². The quantitative estimate of drug-likeness (QED) is 0.726. The molecule has 1 aliphatic carbocycles. The van der Waals surface area contributed by atoms with Crippen LogP contribution in [0.5, 0.6) is 5.75 Å². The summed E-state index contributed by atoms with van der Waals surface area (Å²) in [6, 6.07) is 7.61. The van der Waals surface area contributed by atoms with E-state index in [4.69, 9.17) is 4.74 Å². The van der Waals surface area contributed by atoms with E-state index in [9.17, 15) is 9.59 Å².